The first-order chi connectivity index (χ1) is 18.1. The zero-order chi connectivity index (χ0) is 25.2. The van der Waals surface area contributed by atoms with Gasteiger partial charge in [0.05, 0.1) is 42.6 Å². The number of amides is 1. The number of piperazine rings is 1. The van der Waals surface area contributed by atoms with Gasteiger partial charge < -0.3 is 29.9 Å². The molecule has 0 aliphatic carbocycles. The van der Waals surface area contributed by atoms with Crippen molar-refractivity contribution in [3.8, 4) is 11.3 Å². The van der Waals surface area contributed by atoms with E-state index >= 15 is 0 Å². The third-order valence-corrected chi connectivity index (χ3v) is 7.41. The van der Waals surface area contributed by atoms with E-state index in [0.717, 1.165) is 67.2 Å². The number of carbonyl (C=O) groups excluding carboxylic acids is 1. The molecule has 10 heteroatoms. The number of hydrogen-bond donors (Lipinski definition) is 2. The fraction of sp³-hybridized carbons (Fsp3) is 0.481. The fourth-order valence-electron chi connectivity index (χ4n) is 5.13. The standard InChI is InChI=1S/C27H33N7O3/c1-27(17-36-18-27)26(35)34-11-9-33(10-12-34)20-4-2-19(3-5-20)22-14-23-24(30-7-6-29-23)25(32-22)31-16-21-15-28-8-13-37-21/h2-7,14,21,28H,8-13,15-18H2,1H3,(H,31,32). The lowest BCUT2D eigenvalue weighted by Gasteiger charge is -2.43. The van der Waals surface area contributed by atoms with Crippen molar-refractivity contribution in [2.45, 2.75) is 13.0 Å². The van der Waals surface area contributed by atoms with Crippen LogP contribution < -0.4 is 15.5 Å². The lowest BCUT2D eigenvalue weighted by molar-refractivity contribution is -0.169. The summed E-state index contributed by atoms with van der Waals surface area (Å²) in [5.74, 6) is 0.931. The average Bonchev–Trinajstić information content (AvgIpc) is 2.95. The molecule has 0 bridgehead atoms. The number of fused-ring (bicyclic) bond motifs is 1. The van der Waals surface area contributed by atoms with E-state index in [1.54, 1.807) is 12.4 Å². The predicted molar refractivity (Wildman–Crippen MR) is 142 cm³/mol. The third kappa shape index (κ3) is 4.96. The minimum Gasteiger partial charge on any atom is -0.379 e. The first-order valence-electron chi connectivity index (χ1n) is 13.0. The first kappa shape index (κ1) is 24.0. The predicted octanol–water partition coefficient (Wildman–Crippen LogP) is 1.78. The number of nitrogens with zero attached hydrogens (tertiary/aromatic N) is 5. The number of nitrogens with one attached hydrogen (secondary N) is 2. The summed E-state index contributed by atoms with van der Waals surface area (Å²) < 4.78 is 11.1. The number of aromatic nitrogens is 3. The Morgan fingerprint density at radius 1 is 1.14 bits per heavy atom. The van der Waals surface area contributed by atoms with E-state index in [1.165, 1.54) is 0 Å². The molecule has 3 saturated heterocycles. The van der Waals surface area contributed by atoms with Crippen molar-refractivity contribution >= 4 is 28.4 Å². The highest BCUT2D eigenvalue weighted by molar-refractivity contribution is 5.88. The molecule has 37 heavy (non-hydrogen) atoms. The molecule has 194 valence electrons. The molecule has 2 aromatic heterocycles. The smallest absolute Gasteiger partial charge is 0.233 e. The molecule has 1 unspecified atom stereocenters. The maximum atomic E-state index is 12.8. The van der Waals surface area contributed by atoms with Crippen molar-refractivity contribution in [1.82, 2.24) is 25.2 Å². The Morgan fingerprint density at radius 3 is 2.62 bits per heavy atom. The summed E-state index contributed by atoms with van der Waals surface area (Å²) in [5.41, 5.74) is 4.22. The van der Waals surface area contributed by atoms with E-state index in [0.29, 0.717) is 32.2 Å². The molecule has 0 radical (unpaired) electrons. The quantitative estimate of drug-likeness (QED) is 0.521. The minimum absolute atomic E-state index is 0.0888. The second kappa shape index (κ2) is 10.2. The van der Waals surface area contributed by atoms with Crippen molar-refractivity contribution in [2.75, 3.05) is 75.9 Å². The van der Waals surface area contributed by atoms with Gasteiger partial charge in [-0.15, -0.1) is 0 Å². The lowest BCUT2D eigenvalue weighted by Crippen LogP contribution is -2.58. The van der Waals surface area contributed by atoms with Gasteiger partial charge in [0.15, 0.2) is 5.82 Å². The van der Waals surface area contributed by atoms with Crippen LogP contribution in [0.1, 0.15) is 6.92 Å². The van der Waals surface area contributed by atoms with Gasteiger partial charge in [0.2, 0.25) is 5.91 Å². The first-order valence-corrected chi connectivity index (χ1v) is 13.0. The molecular formula is C27H33N7O3. The summed E-state index contributed by atoms with van der Waals surface area (Å²) >= 11 is 0. The highest BCUT2D eigenvalue weighted by Crippen LogP contribution is 2.31. The Hall–Kier alpha value is -3.34. The van der Waals surface area contributed by atoms with Crippen LogP contribution in [0.3, 0.4) is 0 Å². The van der Waals surface area contributed by atoms with Crippen LogP contribution in [0.5, 0.6) is 0 Å². The lowest BCUT2D eigenvalue weighted by atomic mass is 9.86. The van der Waals surface area contributed by atoms with Gasteiger partial charge in [0.25, 0.3) is 0 Å². The van der Waals surface area contributed by atoms with Gasteiger partial charge >= 0.3 is 0 Å². The van der Waals surface area contributed by atoms with E-state index in [9.17, 15) is 4.79 Å². The molecule has 1 aromatic carbocycles. The average molecular weight is 504 g/mol. The monoisotopic (exact) mass is 503 g/mol. The van der Waals surface area contributed by atoms with Crippen LogP contribution in [0.4, 0.5) is 11.5 Å². The number of hydrogen-bond acceptors (Lipinski definition) is 9. The van der Waals surface area contributed by atoms with E-state index < -0.39 is 0 Å². The van der Waals surface area contributed by atoms with E-state index in [-0.39, 0.29) is 17.4 Å². The molecular weight excluding hydrogens is 470 g/mol. The minimum atomic E-state index is -0.338. The number of morpholine rings is 1. The number of anilines is 2. The highest BCUT2D eigenvalue weighted by Gasteiger charge is 2.44. The Morgan fingerprint density at radius 2 is 1.92 bits per heavy atom. The van der Waals surface area contributed by atoms with Gasteiger partial charge in [0.1, 0.15) is 5.52 Å². The van der Waals surface area contributed by atoms with Gasteiger partial charge in [-0.25, -0.2) is 9.97 Å². The second-order valence-electron chi connectivity index (χ2n) is 10.2. The zero-order valence-electron chi connectivity index (χ0n) is 21.2. The van der Waals surface area contributed by atoms with E-state index in [2.05, 4.69) is 49.8 Å². The normalized spacial score (nSPS) is 21.5. The van der Waals surface area contributed by atoms with Crippen LogP contribution in [0, 0.1) is 5.41 Å². The third-order valence-electron chi connectivity index (χ3n) is 7.41. The molecule has 0 spiro atoms. The maximum absolute atomic E-state index is 12.8. The summed E-state index contributed by atoms with van der Waals surface area (Å²) in [6.45, 7) is 9.22. The SMILES string of the molecule is CC1(C(=O)N2CCN(c3ccc(-c4cc5nccnc5c(NCC5CNCCO5)n4)cc3)CC2)COC1. The Balaban J connectivity index is 1.15. The number of carbonyl (C=O) groups is 1. The highest BCUT2D eigenvalue weighted by atomic mass is 16.5. The van der Waals surface area contributed by atoms with E-state index in [1.807, 2.05) is 17.9 Å². The fourth-order valence-corrected chi connectivity index (χ4v) is 5.13. The molecule has 3 aliphatic rings. The zero-order valence-corrected chi connectivity index (χ0v) is 21.2. The second-order valence-corrected chi connectivity index (χ2v) is 10.2. The molecule has 2 N–H and O–H groups in total. The van der Waals surface area contributed by atoms with Gasteiger partial charge in [-0.1, -0.05) is 12.1 Å². The Kier molecular flexibility index (Phi) is 6.62. The van der Waals surface area contributed by atoms with Crippen molar-refractivity contribution in [3.05, 3.63) is 42.7 Å². The number of ether oxygens (including phenoxy) is 2. The summed E-state index contributed by atoms with van der Waals surface area (Å²) in [5, 5.41) is 6.79. The summed E-state index contributed by atoms with van der Waals surface area (Å²) in [6.07, 6.45) is 3.48. The molecule has 5 heterocycles. The molecule has 1 amide bonds. The summed E-state index contributed by atoms with van der Waals surface area (Å²) in [7, 11) is 0. The van der Waals surface area contributed by atoms with Crippen molar-refractivity contribution in [1.29, 1.82) is 0 Å². The Labute approximate surface area is 216 Å². The topological polar surface area (TPSA) is 105 Å². The summed E-state index contributed by atoms with van der Waals surface area (Å²) in [4.78, 5) is 31.1. The van der Waals surface area contributed by atoms with Gasteiger partial charge in [-0.05, 0) is 25.1 Å². The molecule has 3 aliphatic heterocycles. The molecule has 6 rings (SSSR count). The Bertz CT molecular complexity index is 1250. The van der Waals surface area contributed by atoms with Crippen LogP contribution in [0.25, 0.3) is 22.3 Å². The van der Waals surface area contributed by atoms with Crippen LogP contribution in [0.2, 0.25) is 0 Å². The maximum Gasteiger partial charge on any atom is 0.233 e. The largest absolute Gasteiger partial charge is 0.379 e. The molecule has 1 atom stereocenters. The molecule has 3 aromatic rings. The van der Waals surface area contributed by atoms with Crippen molar-refractivity contribution in [3.63, 3.8) is 0 Å². The van der Waals surface area contributed by atoms with Crippen molar-refractivity contribution < 1.29 is 14.3 Å². The van der Waals surface area contributed by atoms with Crippen molar-refractivity contribution in [2.24, 2.45) is 5.41 Å². The van der Waals surface area contributed by atoms with E-state index in [4.69, 9.17) is 14.5 Å². The van der Waals surface area contributed by atoms with Gasteiger partial charge in [-0.3, -0.25) is 9.78 Å². The van der Waals surface area contributed by atoms with Gasteiger partial charge in [-0.2, -0.15) is 0 Å². The molecule has 3 fully saturated rings. The van der Waals surface area contributed by atoms with Crippen LogP contribution in [-0.4, -0.2) is 97.5 Å². The van der Waals surface area contributed by atoms with Crippen LogP contribution in [0.15, 0.2) is 42.7 Å². The van der Waals surface area contributed by atoms with Gasteiger partial charge in [0, 0.05) is 69.5 Å². The number of rotatable bonds is 6. The number of benzene rings is 1. The molecule has 10 nitrogen and oxygen atoms in total. The number of pyridine rings is 1. The van der Waals surface area contributed by atoms with Crippen LogP contribution >= 0.6 is 0 Å². The van der Waals surface area contributed by atoms with Crippen LogP contribution in [-0.2, 0) is 14.3 Å². The molecule has 0 saturated carbocycles. The summed E-state index contributed by atoms with van der Waals surface area (Å²) in [6, 6.07) is 10.4.